The molecule has 9 heavy (non-hydrogen) atoms. The van der Waals surface area contributed by atoms with Crippen LogP contribution in [0.4, 0.5) is 0 Å². The lowest BCUT2D eigenvalue weighted by Crippen LogP contribution is -2.06. The third-order valence-electron chi connectivity index (χ3n) is 1.04. The van der Waals surface area contributed by atoms with Gasteiger partial charge in [0.15, 0.2) is 0 Å². The summed E-state index contributed by atoms with van der Waals surface area (Å²) in [5.41, 5.74) is 0. The Labute approximate surface area is 55.5 Å². The van der Waals surface area contributed by atoms with E-state index in [0.717, 1.165) is 12.8 Å². The van der Waals surface area contributed by atoms with Gasteiger partial charge in [-0.05, 0) is 6.42 Å². The molecule has 1 radical (unpaired) electrons. The lowest BCUT2D eigenvalue weighted by atomic mass is 10.2. The molecule has 2 nitrogen and oxygen atoms in total. The molecule has 51 valence electrons. The highest BCUT2D eigenvalue weighted by Crippen LogP contribution is 2.00. The molecule has 0 aliphatic rings. The third kappa shape index (κ3) is 3.76. The van der Waals surface area contributed by atoms with Crippen LogP contribution in [-0.4, -0.2) is 12.6 Å². The first-order chi connectivity index (χ1) is 4.35. The van der Waals surface area contributed by atoms with Gasteiger partial charge in [-0.1, -0.05) is 26.0 Å². The first-order valence-electron chi connectivity index (χ1n) is 3.00. The van der Waals surface area contributed by atoms with E-state index in [0.29, 0.717) is 0 Å². The Hall–Kier alpha value is -0.790. The predicted molar refractivity (Wildman–Crippen MR) is 35.7 cm³/mol. The molecule has 0 N–H and O–H groups in total. The summed E-state index contributed by atoms with van der Waals surface area (Å²) < 4.78 is 4.51. The number of rotatable bonds is 5. The Kier molecular flexibility index (Phi) is 4.88. The van der Waals surface area contributed by atoms with E-state index in [2.05, 4.69) is 11.3 Å². The van der Waals surface area contributed by atoms with Gasteiger partial charge in [-0.2, -0.15) is 0 Å². The normalized spacial score (nSPS) is 12.1. The van der Waals surface area contributed by atoms with E-state index in [4.69, 9.17) is 0 Å². The SMILES string of the molecule is C=CC(CCC)O[C]=O. The first-order valence-corrected chi connectivity index (χ1v) is 3.00. The maximum absolute atomic E-state index is 9.65. The summed E-state index contributed by atoms with van der Waals surface area (Å²) in [5.74, 6) is 0. The summed E-state index contributed by atoms with van der Waals surface area (Å²) in [6.07, 6.45) is 3.28. The minimum atomic E-state index is -0.146. The van der Waals surface area contributed by atoms with E-state index >= 15 is 0 Å². The fraction of sp³-hybridized carbons (Fsp3) is 0.571. The van der Waals surface area contributed by atoms with Gasteiger partial charge >= 0.3 is 6.47 Å². The molecule has 0 aliphatic heterocycles. The van der Waals surface area contributed by atoms with Crippen LogP contribution < -0.4 is 0 Å². The molecule has 1 atom stereocenters. The quantitative estimate of drug-likeness (QED) is 0.522. The smallest absolute Gasteiger partial charge is 0.418 e. The topological polar surface area (TPSA) is 26.3 Å². The van der Waals surface area contributed by atoms with Gasteiger partial charge in [0.2, 0.25) is 0 Å². The second-order valence-corrected chi connectivity index (χ2v) is 1.76. The van der Waals surface area contributed by atoms with Crippen LogP contribution in [0.3, 0.4) is 0 Å². The van der Waals surface area contributed by atoms with Crippen LogP contribution in [0.2, 0.25) is 0 Å². The number of hydrogen-bond donors (Lipinski definition) is 0. The Morgan fingerprint density at radius 3 is 2.89 bits per heavy atom. The molecule has 0 aliphatic carbocycles. The fourth-order valence-electron chi connectivity index (χ4n) is 0.571. The molecule has 0 heterocycles. The third-order valence-corrected chi connectivity index (χ3v) is 1.04. The van der Waals surface area contributed by atoms with Crippen LogP contribution in [0.5, 0.6) is 0 Å². The van der Waals surface area contributed by atoms with E-state index < -0.39 is 0 Å². The summed E-state index contributed by atoms with van der Waals surface area (Å²) in [6, 6.07) is 0. The largest absolute Gasteiger partial charge is 0.450 e. The Morgan fingerprint density at radius 2 is 2.56 bits per heavy atom. The van der Waals surface area contributed by atoms with Crippen molar-refractivity contribution in [3.8, 4) is 0 Å². The first kappa shape index (κ1) is 8.21. The van der Waals surface area contributed by atoms with E-state index in [-0.39, 0.29) is 6.10 Å². The summed E-state index contributed by atoms with van der Waals surface area (Å²) >= 11 is 0. The van der Waals surface area contributed by atoms with Crippen molar-refractivity contribution < 1.29 is 9.53 Å². The van der Waals surface area contributed by atoms with E-state index in [1.165, 1.54) is 6.47 Å². The molecule has 0 bridgehead atoms. The molecular formula is C7H11O2. The van der Waals surface area contributed by atoms with Gasteiger partial charge in [-0.15, -0.1) is 0 Å². The minimum absolute atomic E-state index is 0.146. The molecule has 0 spiro atoms. The van der Waals surface area contributed by atoms with Crippen LogP contribution in [0.1, 0.15) is 19.8 Å². The number of hydrogen-bond acceptors (Lipinski definition) is 2. The summed E-state index contributed by atoms with van der Waals surface area (Å²) in [4.78, 5) is 9.65. The minimum Gasteiger partial charge on any atom is -0.450 e. The average molecular weight is 127 g/mol. The van der Waals surface area contributed by atoms with Crippen molar-refractivity contribution in [3.63, 3.8) is 0 Å². The van der Waals surface area contributed by atoms with Crippen LogP contribution in [0.15, 0.2) is 12.7 Å². The monoisotopic (exact) mass is 127 g/mol. The number of ether oxygens (including phenoxy) is 1. The molecule has 2 heteroatoms. The molecule has 1 unspecified atom stereocenters. The molecule has 0 amide bonds. The highest BCUT2D eigenvalue weighted by molar-refractivity contribution is 5.39. The molecule has 0 saturated heterocycles. The Balaban J connectivity index is 3.40. The lowest BCUT2D eigenvalue weighted by Gasteiger charge is -2.05. The Morgan fingerprint density at radius 1 is 1.89 bits per heavy atom. The molecular weight excluding hydrogens is 116 g/mol. The van der Waals surface area contributed by atoms with Crippen molar-refractivity contribution in [3.05, 3.63) is 12.7 Å². The second-order valence-electron chi connectivity index (χ2n) is 1.76. The lowest BCUT2D eigenvalue weighted by molar-refractivity contribution is 0.209. The maximum atomic E-state index is 9.65. The zero-order chi connectivity index (χ0) is 7.11. The van der Waals surface area contributed by atoms with Crippen molar-refractivity contribution in [1.82, 2.24) is 0 Å². The molecule has 0 fully saturated rings. The standard InChI is InChI=1S/C7H11O2/c1-3-5-7(4-2)9-6-8/h4,7H,2-3,5H2,1H3. The van der Waals surface area contributed by atoms with Gasteiger partial charge in [0.05, 0.1) is 0 Å². The zero-order valence-corrected chi connectivity index (χ0v) is 5.59. The molecule has 0 aromatic carbocycles. The molecule has 0 aromatic rings. The van der Waals surface area contributed by atoms with Gasteiger partial charge in [0, 0.05) is 0 Å². The van der Waals surface area contributed by atoms with Crippen molar-refractivity contribution >= 4 is 6.47 Å². The molecule has 0 saturated carbocycles. The van der Waals surface area contributed by atoms with Gasteiger partial charge in [-0.25, -0.2) is 4.79 Å². The van der Waals surface area contributed by atoms with Crippen LogP contribution in [0.25, 0.3) is 0 Å². The Bertz CT molecular complexity index is 88.9. The average Bonchev–Trinajstić information content (AvgIpc) is 1.88. The number of carbonyl (C=O) groups excluding carboxylic acids is 1. The van der Waals surface area contributed by atoms with E-state index in [1.807, 2.05) is 6.92 Å². The highest BCUT2D eigenvalue weighted by Gasteiger charge is 2.00. The summed E-state index contributed by atoms with van der Waals surface area (Å²) in [5, 5.41) is 0. The van der Waals surface area contributed by atoms with Crippen LogP contribution in [0, 0.1) is 0 Å². The molecule has 0 aromatic heterocycles. The van der Waals surface area contributed by atoms with Gasteiger partial charge < -0.3 is 4.74 Å². The van der Waals surface area contributed by atoms with Crippen molar-refractivity contribution in [2.45, 2.75) is 25.9 Å². The van der Waals surface area contributed by atoms with Crippen molar-refractivity contribution in [2.24, 2.45) is 0 Å². The van der Waals surface area contributed by atoms with Crippen LogP contribution in [-0.2, 0) is 9.53 Å². The van der Waals surface area contributed by atoms with E-state index in [9.17, 15) is 4.79 Å². The zero-order valence-electron chi connectivity index (χ0n) is 5.59. The van der Waals surface area contributed by atoms with Crippen molar-refractivity contribution in [1.29, 1.82) is 0 Å². The molecule has 0 rings (SSSR count). The van der Waals surface area contributed by atoms with Crippen LogP contribution >= 0.6 is 0 Å². The second kappa shape index (κ2) is 5.35. The maximum Gasteiger partial charge on any atom is 0.418 e. The van der Waals surface area contributed by atoms with Gasteiger partial charge in [-0.3, -0.25) is 0 Å². The van der Waals surface area contributed by atoms with Gasteiger partial charge in [0.1, 0.15) is 6.10 Å². The van der Waals surface area contributed by atoms with Crippen molar-refractivity contribution in [2.75, 3.05) is 0 Å². The summed E-state index contributed by atoms with van der Waals surface area (Å²) in [6.45, 7) is 6.90. The van der Waals surface area contributed by atoms with Gasteiger partial charge in [0.25, 0.3) is 0 Å². The summed E-state index contributed by atoms with van der Waals surface area (Å²) in [7, 11) is 0. The fourth-order valence-corrected chi connectivity index (χ4v) is 0.571. The van der Waals surface area contributed by atoms with E-state index in [1.54, 1.807) is 6.08 Å². The predicted octanol–water partition coefficient (Wildman–Crippen LogP) is 1.42. The highest BCUT2D eigenvalue weighted by atomic mass is 16.5.